The van der Waals surface area contributed by atoms with E-state index in [1.807, 2.05) is 0 Å². The van der Waals surface area contributed by atoms with E-state index < -0.39 is 0 Å². The van der Waals surface area contributed by atoms with Gasteiger partial charge in [0.15, 0.2) is 0 Å². The maximum atomic E-state index is 2.42. The van der Waals surface area contributed by atoms with Crippen LogP contribution in [0.1, 0.15) is 0 Å². The first-order valence-electron chi connectivity index (χ1n) is 19.4. The summed E-state index contributed by atoms with van der Waals surface area (Å²) in [5, 5.41) is 12.5. The highest BCUT2D eigenvalue weighted by Gasteiger charge is 2.19. The minimum atomic E-state index is 1.20. The number of benzene rings is 11. The minimum Gasteiger partial charge on any atom is -0.0616 e. The molecule has 0 aliphatic heterocycles. The fourth-order valence-electron chi connectivity index (χ4n) is 8.79. The van der Waals surface area contributed by atoms with Crippen molar-refractivity contribution in [3.63, 3.8) is 0 Å². The van der Waals surface area contributed by atoms with Crippen molar-refractivity contribution < 1.29 is 0 Å². The third-order valence-electron chi connectivity index (χ3n) is 11.6. The molecule has 11 aromatic rings. The lowest BCUT2D eigenvalue weighted by Gasteiger charge is -2.20. The molecule has 0 nitrogen and oxygen atoms in total. The Balaban J connectivity index is 1.18. The summed E-state index contributed by atoms with van der Waals surface area (Å²) in [6.07, 6.45) is 0. The van der Waals surface area contributed by atoms with E-state index in [0.29, 0.717) is 0 Å². The molecule has 0 aromatic heterocycles. The van der Waals surface area contributed by atoms with Crippen molar-refractivity contribution >= 4 is 53.9 Å². The van der Waals surface area contributed by atoms with Crippen LogP contribution in [0.4, 0.5) is 0 Å². The van der Waals surface area contributed by atoms with E-state index in [-0.39, 0.29) is 0 Å². The van der Waals surface area contributed by atoms with Crippen molar-refractivity contribution in [1.82, 2.24) is 0 Å². The van der Waals surface area contributed by atoms with Gasteiger partial charge in [-0.05, 0) is 146 Å². The Morgan fingerprint density at radius 1 is 0.196 bits per heavy atom. The molecule has 0 bridgehead atoms. The maximum Gasteiger partial charge on any atom is -0.00141 e. The number of hydrogen-bond acceptors (Lipinski definition) is 0. The zero-order valence-corrected chi connectivity index (χ0v) is 30.8. The monoisotopic (exact) mass is 708 g/mol. The summed E-state index contributed by atoms with van der Waals surface area (Å²) >= 11 is 0. The predicted molar refractivity (Wildman–Crippen MR) is 241 cm³/mol. The van der Waals surface area contributed by atoms with Crippen molar-refractivity contribution in [1.29, 1.82) is 0 Å². The van der Waals surface area contributed by atoms with Gasteiger partial charge in [-0.3, -0.25) is 0 Å². The van der Waals surface area contributed by atoms with Gasteiger partial charge in [0, 0.05) is 0 Å². The van der Waals surface area contributed by atoms with Crippen LogP contribution in [-0.2, 0) is 0 Å². The van der Waals surface area contributed by atoms with E-state index in [1.54, 1.807) is 0 Å². The maximum absolute atomic E-state index is 2.42. The minimum absolute atomic E-state index is 1.20. The first-order valence-corrected chi connectivity index (χ1v) is 19.4. The van der Waals surface area contributed by atoms with Gasteiger partial charge in [-0.1, -0.05) is 182 Å². The second-order valence-corrected chi connectivity index (χ2v) is 14.9. The Hall–Kier alpha value is -7.28. The second kappa shape index (κ2) is 13.2. The van der Waals surface area contributed by atoms with Crippen molar-refractivity contribution in [3.8, 4) is 55.6 Å². The molecule has 0 fully saturated rings. The Morgan fingerprint density at radius 2 is 0.607 bits per heavy atom. The Bertz CT molecular complexity index is 3310. The molecule has 11 aromatic carbocycles. The summed E-state index contributed by atoms with van der Waals surface area (Å²) in [6, 6.07) is 80.6. The molecule has 0 spiro atoms. The van der Waals surface area contributed by atoms with Crippen LogP contribution in [0.2, 0.25) is 0 Å². The standard InChI is InChI=1S/C56H36/c1-4-14-40-31-45(26-23-37(40)11-1)43-18-9-20-47(33-43)51-29-30-53(48-21-10-19-44(34-48)46-27-24-38-12-2-5-15-41(38)32-46)56-54(51)36-49-17-7-8-22-52(49)55(56)50-28-25-39-13-3-6-16-42(39)35-50/h1-36H. The summed E-state index contributed by atoms with van der Waals surface area (Å²) in [5.41, 5.74) is 12.2. The van der Waals surface area contributed by atoms with Crippen LogP contribution < -0.4 is 0 Å². The molecule has 0 saturated carbocycles. The van der Waals surface area contributed by atoms with Gasteiger partial charge >= 0.3 is 0 Å². The van der Waals surface area contributed by atoms with Crippen LogP contribution in [0, 0.1) is 0 Å². The molecule has 0 saturated heterocycles. The fourth-order valence-corrected chi connectivity index (χ4v) is 8.79. The summed E-state index contributed by atoms with van der Waals surface area (Å²) in [5.74, 6) is 0. The van der Waals surface area contributed by atoms with Gasteiger partial charge in [-0.15, -0.1) is 0 Å². The van der Waals surface area contributed by atoms with Crippen LogP contribution >= 0.6 is 0 Å². The van der Waals surface area contributed by atoms with Crippen molar-refractivity contribution in [2.45, 2.75) is 0 Å². The quantitative estimate of drug-likeness (QED) is 0.156. The Labute approximate surface area is 326 Å². The summed E-state index contributed by atoms with van der Waals surface area (Å²) in [7, 11) is 0. The average Bonchev–Trinajstić information content (AvgIpc) is 3.27. The molecular formula is C56H36. The molecule has 0 aliphatic carbocycles. The van der Waals surface area contributed by atoms with E-state index in [2.05, 4.69) is 218 Å². The molecule has 0 amide bonds. The summed E-state index contributed by atoms with van der Waals surface area (Å²) in [4.78, 5) is 0. The van der Waals surface area contributed by atoms with Gasteiger partial charge < -0.3 is 0 Å². The molecule has 56 heavy (non-hydrogen) atoms. The van der Waals surface area contributed by atoms with E-state index in [1.165, 1.54) is 109 Å². The fraction of sp³-hybridized carbons (Fsp3) is 0. The van der Waals surface area contributed by atoms with E-state index >= 15 is 0 Å². The largest absolute Gasteiger partial charge is 0.0616 e. The molecule has 0 heterocycles. The van der Waals surface area contributed by atoms with Gasteiger partial charge in [0.05, 0.1) is 0 Å². The number of fused-ring (bicyclic) bond motifs is 5. The highest BCUT2D eigenvalue weighted by molar-refractivity contribution is 6.21. The van der Waals surface area contributed by atoms with Crippen molar-refractivity contribution in [2.75, 3.05) is 0 Å². The van der Waals surface area contributed by atoms with Crippen molar-refractivity contribution in [2.24, 2.45) is 0 Å². The van der Waals surface area contributed by atoms with Crippen LogP contribution in [0.5, 0.6) is 0 Å². The molecule has 0 unspecified atom stereocenters. The lowest BCUT2D eigenvalue weighted by atomic mass is 9.83. The second-order valence-electron chi connectivity index (χ2n) is 14.9. The van der Waals surface area contributed by atoms with Gasteiger partial charge in [-0.2, -0.15) is 0 Å². The van der Waals surface area contributed by atoms with Crippen LogP contribution in [0.25, 0.3) is 109 Å². The lowest BCUT2D eigenvalue weighted by molar-refractivity contribution is 1.60. The van der Waals surface area contributed by atoms with E-state index in [4.69, 9.17) is 0 Å². The lowest BCUT2D eigenvalue weighted by Crippen LogP contribution is -1.93. The zero-order valence-electron chi connectivity index (χ0n) is 30.8. The van der Waals surface area contributed by atoms with Gasteiger partial charge in [-0.25, -0.2) is 0 Å². The third-order valence-corrected chi connectivity index (χ3v) is 11.6. The zero-order chi connectivity index (χ0) is 37.0. The van der Waals surface area contributed by atoms with Crippen LogP contribution in [-0.4, -0.2) is 0 Å². The highest BCUT2D eigenvalue weighted by atomic mass is 14.2. The van der Waals surface area contributed by atoms with Gasteiger partial charge in [0.25, 0.3) is 0 Å². The molecule has 0 aliphatic rings. The molecule has 0 heteroatoms. The topological polar surface area (TPSA) is 0 Å². The molecule has 0 radical (unpaired) electrons. The van der Waals surface area contributed by atoms with Crippen LogP contribution in [0.3, 0.4) is 0 Å². The van der Waals surface area contributed by atoms with Gasteiger partial charge in [0.2, 0.25) is 0 Å². The van der Waals surface area contributed by atoms with Crippen molar-refractivity contribution in [3.05, 3.63) is 218 Å². The first-order chi connectivity index (χ1) is 27.7. The summed E-state index contributed by atoms with van der Waals surface area (Å²) in [6.45, 7) is 0. The highest BCUT2D eigenvalue weighted by Crippen LogP contribution is 2.46. The van der Waals surface area contributed by atoms with Crippen LogP contribution in [0.15, 0.2) is 218 Å². The predicted octanol–water partition coefficient (Wildman–Crippen LogP) is 15.8. The third kappa shape index (κ3) is 5.54. The molecular weight excluding hydrogens is 673 g/mol. The molecule has 260 valence electrons. The van der Waals surface area contributed by atoms with E-state index in [9.17, 15) is 0 Å². The normalized spacial score (nSPS) is 11.6. The van der Waals surface area contributed by atoms with E-state index in [0.717, 1.165) is 0 Å². The first kappa shape index (κ1) is 32.2. The molecule has 0 N–H and O–H groups in total. The molecule has 11 rings (SSSR count). The number of rotatable bonds is 5. The smallest absolute Gasteiger partial charge is 0.00141 e. The van der Waals surface area contributed by atoms with Gasteiger partial charge in [0.1, 0.15) is 0 Å². The Morgan fingerprint density at radius 3 is 1.18 bits per heavy atom. The summed E-state index contributed by atoms with van der Waals surface area (Å²) < 4.78 is 0. The molecule has 0 atom stereocenters. The SMILES string of the molecule is c1cc(-c2ccc3ccccc3c2)cc(-c2ccc(-c3cccc(-c4ccc5ccccc5c4)c3)c3c(-c4ccc5ccccc5c4)c4ccccc4cc23)c1. The average molecular weight is 709 g/mol. The number of hydrogen-bond donors (Lipinski definition) is 0. The Kier molecular flexibility index (Phi) is 7.60.